The third kappa shape index (κ3) is 4.30. The quantitative estimate of drug-likeness (QED) is 0.898. The van der Waals surface area contributed by atoms with E-state index in [-0.39, 0.29) is 17.5 Å². The smallest absolute Gasteiger partial charge is 0.0496 e. The van der Waals surface area contributed by atoms with E-state index in [1.807, 2.05) is 0 Å². The average molecular weight is 327 g/mol. The predicted molar refractivity (Wildman–Crippen MR) is 87.2 cm³/mol. The Balaban J connectivity index is 3.08. The second-order valence-electron chi connectivity index (χ2n) is 6.57. The molecule has 0 radical (unpaired) electrons. The van der Waals surface area contributed by atoms with E-state index in [0.29, 0.717) is 6.04 Å². The molecule has 3 heteroatoms. The van der Waals surface area contributed by atoms with Crippen molar-refractivity contribution in [1.82, 2.24) is 4.90 Å². The molecule has 0 spiro atoms. The van der Waals surface area contributed by atoms with E-state index >= 15 is 0 Å². The number of benzene rings is 1. The normalized spacial score (nSPS) is 17.3. The molecule has 2 N–H and O–H groups in total. The number of hydrogen-bond donors (Lipinski definition) is 1. The molecule has 0 saturated carbocycles. The molecule has 0 fully saturated rings. The maximum absolute atomic E-state index is 6.24. The number of rotatable bonds is 4. The summed E-state index contributed by atoms with van der Waals surface area (Å²) in [7, 11) is 2.17. The van der Waals surface area contributed by atoms with E-state index in [9.17, 15) is 0 Å². The third-order valence-corrected chi connectivity index (χ3v) is 4.48. The van der Waals surface area contributed by atoms with Crippen LogP contribution in [0.2, 0.25) is 0 Å². The molecule has 0 bridgehead atoms. The second-order valence-corrected chi connectivity index (χ2v) is 7.48. The summed E-state index contributed by atoms with van der Waals surface area (Å²) in [5, 5.41) is 0. The van der Waals surface area contributed by atoms with Gasteiger partial charge in [-0.15, -0.1) is 0 Å². The Morgan fingerprint density at radius 1 is 1.21 bits per heavy atom. The minimum atomic E-state index is 0.0871. The number of halogens is 1. The van der Waals surface area contributed by atoms with Gasteiger partial charge < -0.3 is 5.73 Å². The summed E-state index contributed by atoms with van der Waals surface area (Å²) < 4.78 is 1.10. The predicted octanol–water partition coefficient (Wildman–Crippen LogP) is 4.20. The van der Waals surface area contributed by atoms with Crippen molar-refractivity contribution in [1.29, 1.82) is 0 Å². The van der Waals surface area contributed by atoms with Crippen LogP contribution in [0.15, 0.2) is 28.7 Å². The van der Waals surface area contributed by atoms with Crippen molar-refractivity contribution in [3.63, 3.8) is 0 Å². The van der Waals surface area contributed by atoms with Crippen molar-refractivity contribution in [3.8, 4) is 0 Å². The van der Waals surface area contributed by atoms with Crippen molar-refractivity contribution < 1.29 is 0 Å². The molecule has 0 amide bonds. The Labute approximate surface area is 126 Å². The first-order valence-electron chi connectivity index (χ1n) is 6.87. The van der Waals surface area contributed by atoms with Crippen LogP contribution < -0.4 is 5.73 Å². The lowest BCUT2D eigenvalue weighted by molar-refractivity contribution is 0.0867. The zero-order valence-corrected chi connectivity index (χ0v) is 14.5. The standard InChI is InChI=1S/C16H27BrN2/c1-11(18)15(13-8-7-9-14(17)10-13)19(6)12(2)16(3,4)5/h7-12,15H,18H2,1-6H3. The highest BCUT2D eigenvalue weighted by Gasteiger charge is 2.31. The van der Waals surface area contributed by atoms with E-state index < -0.39 is 0 Å². The van der Waals surface area contributed by atoms with E-state index in [2.05, 4.69) is 86.8 Å². The largest absolute Gasteiger partial charge is 0.326 e. The van der Waals surface area contributed by atoms with Crippen LogP contribution in [-0.2, 0) is 0 Å². The number of nitrogens with two attached hydrogens (primary N) is 1. The van der Waals surface area contributed by atoms with Crippen LogP contribution in [0.5, 0.6) is 0 Å². The lowest BCUT2D eigenvalue weighted by atomic mass is 9.85. The molecule has 1 rings (SSSR count). The van der Waals surface area contributed by atoms with E-state index in [4.69, 9.17) is 5.73 Å². The molecule has 0 saturated heterocycles. The molecule has 2 nitrogen and oxygen atoms in total. The summed E-state index contributed by atoms with van der Waals surface area (Å²) in [4.78, 5) is 2.40. The molecule has 1 aromatic rings. The highest BCUT2D eigenvalue weighted by atomic mass is 79.9. The van der Waals surface area contributed by atoms with Gasteiger partial charge in [-0.3, -0.25) is 4.90 Å². The summed E-state index contributed by atoms with van der Waals surface area (Å²) in [5.74, 6) is 0. The second kappa shape index (κ2) is 6.38. The Bertz CT molecular complexity index is 409. The molecule has 108 valence electrons. The van der Waals surface area contributed by atoms with Gasteiger partial charge >= 0.3 is 0 Å². The molecule has 0 heterocycles. The maximum Gasteiger partial charge on any atom is 0.0496 e. The first-order chi connectivity index (χ1) is 8.64. The van der Waals surface area contributed by atoms with Gasteiger partial charge in [0.2, 0.25) is 0 Å². The Kier molecular flexibility index (Phi) is 5.60. The molecular weight excluding hydrogens is 300 g/mol. The fourth-order valence-corrected chi connectivity index (χ4v) is 2.87. The Morgan fingerprint density at radius 2 is 1.79 bits per heavy atom. The first-order valence-corrected chi connectivity index (χ1v) is 7.67. The van der Waals surface area contributed by atoms with Gasteiger partial charge in [0.1, 0.15) is 0 Å². The van der Waals surface area contributed by atoms with Gasteiger partial charge in [-0.2, -0.15) is 0 Å². The summed E-state index contributed by atoms with van der Waals surface area (Å²) in [6.45, 7) is 11.2. The SMILES string of the molecule is CC(N)C(c1cccc(Br)c1)N(C)C(C)C(C)(C)C. The van der Waals surface area contributed by atoms with Gasteiger partial charge in [-0.05, 0) is 44.0 Å². The van der Waals surface area contributed by atoms with E-state index in [1.54, 1.807) is 0 Å². The minimum absolute atomic E-state index is 0.0871. The maximum atomic E-state index is 6.24. The van der Waals surface area contributed by atoms with Crippen LogP contribution in [0.3, 0.4) is 0 Å². The molecule has 0 aromatic heterocycles. The van der Waals surface area contributed by atoms with Crippen molar-refractivity contribution in [2.75, 3.05) is 7.05 Å². The average Bonchev–Trinajstić information content (AvgIpc) is 2.26. The van der Waals surface area contributed by atoms with Crippen LogP contribution in [-0.4, -0.2) is 24.0 Å². The topological polar surface area (TPSA) is 29.3 Å². The highest BCUT2D eigenvalue weighted by molar-refractivity contribution is 9.10. The fraction of sp³-hybridized carbons (Fsp3) is 0.625. The molecule has 0 aliphatic rings. The zero-order valence-electron chi connectivity index (χ0n) is 12.9. The Hall–Kier alpha value is -0.380. The number of likely N-dealkylation sites (N-methyl/N-ethyl adjacent to an activating group) is 1. The number of nitrogens with zero attached hydrogens (tertiary/aromatic N) is 1. The Morgan fingerprint density at radius 3 is 2.21 bits per heavy atom. The molecule has 1 aromatic carbocycles. The van der Waals surface area contributed by atoms with Crippen LogP contribution in [0.1, 0.15) is 46.2 Å². The van der Waals surface area contributed by atoms with Crippen molar-refractivity contribution in [3.05, 3.63) is 34.3 Å². The van der Waals surface area contributed by atoms with Crippen molar-refractivity contribution >= 4 is 15.9 Å². The van der Waals surface area contributed by atoms with Crippen LogP contribution in [0, 0.1) is 5.41 Å². The summed E-state index contributed by atoms with van der Waals surface area (Å²) >= 11 is 3.55. The highest BCUT2D eigenvalue weighted by Crippen LogP contribution is 2.32. The zero-order chi connectivity index (χ0) is 14.8. The summed E-state index contributed by atoms with van der Waals surface area (Å²) in [6, 6.07) is 9.21. The lowest BCUT2D eigenvalue weighted by Crippen LogP contribution is -2.46. The monoisotopic (exact) mass is 326 g/mol. The van der Waals surface area contributed by atoms with Gasteiger partial charge in [0.15, 0.2) is 0 Å². The van der Waals surface area contributed by atoms with Crippen molar-refractivity contribution in [2.45, 2.75) is 52.7 Å². The minimum Gasteiger partial charge on any atom is -0.326 e. The van der Waals surface area contributed by atoms with Crippen LogP contribution >= 0.6 is 15.9 Å². The first kappa shape index (κ1) is 16.7. The molecule has 19 heavy (non-hydrogen) atoms. The fourth-order valence-electron chi connectivity index (χ4n) is 2.45. The summed E-state index contributed by atoms with van der Waals surface area (Å²) in [6.07, 6.45) is 0. The van der Waals surface area contributed by atoms with E-state index in [1.165, 1.54) is 5.56 Å². The van der Waals surface area contributed by atoms with E-state index in [0.717, 1.165) is 4.47 Å². The molecule has 3 atom stereocenters. The van der Waals surface area contributed by atoms with Gasteiger partial charge in [0.25, 0.3) is 0 Å². The van der Waals surface area contributed by atoms with Crippen LogP contribution in [0.25, 0.3) is 0 Å². The van der Waals surface area contributed by atoms with Gasteiger partial charge in [0, 0.05) is 22.6 Å². The molecule has 0 aliphatic heterocycles. The number of hydrogen-bond acceptors (Lipinski definition) is 2. The van der Waals surface area contributed by atoms with Crippen LogP contribution in [0.4, 0.5) is 0 Å². The molecular formula is C16H27BrN2. The van der Waals surface area contributed by atoms with Gasteiger partial charge in [-0.1, -0.05) is 48.8 Å². The summed E-state index contributed by atoms with van der Waals surface area (Å²) in [5.41, 5.74) is 7.74. The van der Waals surface area contributed by atoms with Crippen molar-refractivity contribution in [2.24, 2.45) is 11.1 Å². The molecule has 3 unspecified atom stereocenters. The lowest BCUT2D eigenvalue weighted by Gasteiger charge is -2.42. The van der Waals surface area contributed by atoms with Gasteiger partial charge in [-0.25, -0.2) is 0 Å². The van der Waals surface area contributed by atoms with Gasteiger partial charge in [0.05, 0.1) is 0 Å². The molecule has 0 aliphatic carbocycles. The third-order valence-electron chi connectivity index (χ3n) is 3.99.